The number of methoxy groups -OCH3 is 1. The highest BCUT2D eigenvalue weighted by atomic mass is 19.1. The lowest BCUT2D eigenvalue weighted by Crippen LogP contribution is -2.14. The van der Waals surface area contributed by atoms with Gasteiger partial charge in [0.05, 0.1) is 13.3 Å². The van der Waals surface area contributed by atoms with Gasteiger partial charge >= 0.3 is 11.9 Å². The lowest BCUT2D eigenvalue weighted by Gasteiger charge is -2.05. The number of carbonyl (C=O) groups excluding carboxylic acids is 1. The van der Waals surface area contributed by atoms with Crippen molar-refractivity contribution in [3.8, 4) is 11.6 Å². The van der Waals surface area contributed by atoms with Crippen LogP contribution in [-0.4, -0.2) is 29.1 Å². The smallest absolute Gasteiger partial charge is 0.322 e. The Morgan fingerprint density at radius 1 is 1.56 bits per heavy atom. The fourth-order valence-electron chi connectivity index (χ4n) is 0.874. The molecule has 0 spiro atoms. The number of hydrogen-bond donors (Lipinski definition) is 1. The Morgan fingerprint density at radius 2 is 2.25 bits per heavy atom. The van der Waals surface area contributed by atoms with Crippen molar-refractivity contribution in [2.75, 3.05) is 7.11 Å². The molecule has 0 aromatic carbocycles. The summed E-state index contributed by atoms with van der Waals surface area (Å²) < 4.78 is 22.2. The number of nitrogens with zero attached hydrogens (tertiary/aromatic N) is 1. The lowest BCUT2D eigenvalue weighted by molar-refractivity contribution is -0.145. The van der Waals surface area contributed by atoms with Crippen LogP contribution in [0.1, 0.15) is 6.42 Å². The molecule has 1 heterocycles. The molecule has 0 bridgehead atoms. The average molecular weight is 229 g/mol. The standard InChI is InChI=1S/C9H8FNO5/c1-15-7-2-6(5(10)4-11-7)16-9(14)3-8(12)13/h2,4H,3H2,1H3,(H,12,13). The van der Waals surface area contributed by atoms with E-state index in [-0.39, 0.29) is 5.88 Å². The number of halogens is 1. The van der Waals surface area contributed by atoms with Crippen LogP contribution in [0.25, 0.3) is 0 Å². The second-order valence-corrected chi connectivity index (χ2v) is 2.70. The van der Waals surface area contributed by atoms with Crippen LogP contribution >= 0.6 is 0 Å². The first kappa shape index (κ1) is 11.9. The van der Waals surface area contributed by atoms with Crippen LogP contribution < -0.4 is 9.47 Å². The molecule has 0 aliphatic heterocycles. The predicted molar refractivity (Wildman–Crippen MR) is 48.6 cm³/mol. The van der Waals surface area contributed by atoms with E-state index in [2.05, 4.69) is 14.5 Å². The number of hydrogen-bond acceptors (Lipinski definition) is 5. The van der Waals surface area contributed by atoms with Crippen molar-refractivity contribution in [3.05, 3.63) is 18.1 Å². The summed E-state index contributed by atoms with van der Waals surface area (Å²) in [4.78, 5) is 24.6. The van der Waals surface area contributed by atoms with Gasteiger partial charge < -0.3 is 14.6 Å². The normalized spacial score (nSPS) is 9.62. The van der Waals surface area contributed by atoms with Gasteiger partial charge in [-0.25, -0.2) is 9.37 Å². The maximum Gasteiger partial charge on any atom is 0.322 e. The average Bonchev–Trinajstić information content (AvgIpc) is 2.20. The summed E-state index contributed by atoms with van der Waals surface area (Å²) in [6.45, 7) is 0. The Morgan fingerprint density at radius 3 is 2.81 bits per heavy atom. The highest BCUT2D eigenvalue weighted by Crippen LogP contribution is 2.20. The molecular formula is C9H8FNO5. The summed E-state index contributed by atoms with van der Waals surface area (Å²) in [7, 11) is 1.31. The van der Waals surface area contributed by atoms with E-state index >= 15 is 0 Å². The molecule has 7 heteroatoms. The van der Waals surface area contributed by atoms with E-state index in [0.29, 0.717) is 0 Å². The van der Waals surface area contributed by atoms with Crippen LogP contribution in [0, 0.1) is 5.82 Å². The first-order chi connectivity index (χ1) is 7.52. The highest BCUT2D eigenvalue weighted by molar-refractivity contribution is 5.91. The minimum Gasteiger partial charge on any atom is -0.481 e. The van der Waals surface area contributed by atoms with E-state index in [9.17, 15) is 14.0 Å². The van der Waals surface area contributed by atoms with Crippen LogP contribution in [0.3, 0.4) is 0 Å². The quantitative estimate of drug-likeness (QED) is 0.601. The second kappa shape index (κ2) is 5.06. The third kappa shape index (κ3) is 3.19. The van der Waals surface area contributed by atoms with Gasteiger partial charge in [-0.3, -0.25) is 9.59 Å². The zero-order chi connectivity index (χ0) is 12.1. The van der Waals surface area contributed by atoms with E-state index in [1.165, 1.54) is 7.11 Å². The molecule has 1 rings (SSSR count). The fourth-order valence-corrected chi connectivity index (χ4v) is 0.874. The Hall–Kier alpha value is -2.18. The third-order valence-corrected chi connectivity index (χ3v) is 1.52. The maximum absolute atomic E-state index is 13.1. The van der Waals surface area contributed by atoms with Gasteiger partial charge in [-0.05, 0) is 0 Å². The van der Waals surface area contributed by atoms with E-state index < -0.39 is 29.9 Å². The molecule has 0 saturated heterocycles. The Balaban J connectivity index is 2.79. The Labute approximate surface area is 89.6 Å². The van der Waals surface area contributed by atoms with E-state index in [4.69, 9.17) is 5.11 Å². The molecular weight excluding hydrogens is 221 g/mol. The van der Waals surface area contributed by atoms with Crippen molar-refractivity contribution in [2.45, 2.75) is 6.42 Å². The van der Waals surface area contributed by atoms with Gasteiger partial charge in [0.2, 0.25) is 5.88 Å². The molecule has 1 aromatic heterocycles. The third-order valence-electron chi connectivity index (χ3n) is 1.52. The topological polar surface area (TPSA) is 85.7 Å². The lowest BCUT2D eigenvalue weighted by atomic mass is 10.4. The van der Waals surface area contributed by atoms with Crippen LogP contribution in [0.15, 0.2) is 12.3 Å². The van der Waals surface area contributed by atoms with Crippen LogP contribution in [0.5, 0.6) is 11.6 Å². The predicted octanol–water partition coefficient (Wildman–Crippen LogP) is 0.609. The highest BCUT2D eigenvalue weighted by Gasteiger charge is 2.14. The van der Waals surface area contributed by atoms with Gasteiger partial charge in [0.15, 0.2) is 11.6 Å². The molecule has 0 aliphatic rings. The van der Waals surface area contributed by atoms with Crippen molar-refractivity contribution in [2.24, 2.45) is 0 Å². The number of carboxylic acids is 1. The van der Waals surface area contributed by atoms with Crippen molar-refractivity contribution >= 4 is 11.9 Å². The summed E-state index contributed by atoms with van der Waals surface area (Å²) >= 11 is 0. The van der Waals surface area contributed by atoms with Gasteiger partial charge in [-0.1, -0.05) is 0 Å². The molecule has 0 amide bonds. The minimum absolute atomic E-state index is 0.0551. The molecule has 0 aliphatic carbocycles. The van der Waals surface area contributed by atoms with E-state index in [1.54, 1.807) is 0 Å². The summed E-state index contributed by atoms with van der Waals surface area (Å²) in [5, 5.41) is 8.30. The number of carbonyl (C=O) groups is 2. The summed E-state index contributed by atoms with van der Waals surface area (Å²) in [6.07, 6.45) is -0.0354. The SMILES string of the molecule is COc1cc(OC(=O)CC(=O)O)c(F)cn1. The molecule has 0 fully saturated rings. The number of ether oxygens (including phenoxy) is 2. The summed E-state index contributed by atoms with van der Waals surface area (Å²) in [5.74, 6) is -3.66. The number of esters is 1. The van der Waals surface area contributed by atoms with Gasteiger partial charge in [-0.2, -0.15) is 0 Å². The van der Waals surface area contributed by atoms with Gasteiger partial charge in [0.25, 0.3) is 0 Å². The van der Waals surface area contributed by atoms with Gasteiger partial charge in [0, 0.05) is 6.07 Å². The first-order valence-electron chi connectivity index (χ1n) is 4.15. The number of rotatable bonds is 4. The zero-order valence-electron chi connectivity index (χ0n) is 8.27. The molecule has 0 saturated carbocycles. The molecule has 0 unspecified atom stereocenters. The van der Waals surface area contributed by atoms with Crippen LogP contribution in [-0.2, 0) is 9.59 Å². The summed E-state index contributed by atoms with van der Waals surface area (Å²) in [6, 6.07) is 1.05. The molecule has 16 heavy (non-hydrogen) atoms. The zero-order valence-corrected chi connectivity index (χ0v) is 8.27. The number of aromatic nitrogens is 1. The van der Waals surface area contributed by atoms with Crippen molar-refractivity contribution < 1.29 is 28.6 Å². The molecule has 86 valence electrons. The van der Waals surface area contributed by atoms with Gasteiger partial charge in [-0.15, -0.1) is 0 Å². The molecule has 1 aromatic rings. The monoisotopic (exact) mass is 229 g/mol. The second-order valence-electron chi connectivity index (χ2n) is 2.70. The van der Waals surface area contributed by atoms with Gasteiger partial charge in [0.1, 0.15) is 6.42 Å². The molecule has 0 atom stereocenters. The van der Waals surface area contributed by atoms with Crippen LogP contribution in [0.4, 0.5) is 4.39 Å². The van der Waals surface area contributed by atoms with Crippen molar-refractivity contribution in [1.82, 2.24) is 4.98 Å². The van der Waals surface area contributed by atoms with Crippen molar-refractivity contribution in [1.29, 1.82) is 0 Å². The first-order valence-corrected chi connectivity index (χ1v) is 4.15. The van der Waals surface area contributed by atoms with E-state index in [1.807, 2.05) is 0 Å². The Kier molecular flexibility index (Phi) is 3.76. The molecule has 1 N–H and O–H groups in total. The van der Waals surface area contributed by atoms with Crippen LogP contribution in [0.2, 0.25) is 0 Å². The fraction of sp³-hybridized carbons (Fsp3) is 0.222. The largest absolute Gasteiger partial charge is 0.481 e. The maximum atomic E-state index is 13.1. The van der Waals surface area contributed by atoms with Crippen molar-refractivity contribution in [3.63, 3.8) is 0 Å². The van der Waals surface area contributed by atoms with E-state index in [0.717, 1.165) is 12.3 Å². The number of carboxylic acid groups (broad SMARTS) is 1. The number of pyridine rings is 1. The molecule has 0 radical (unpaired) electrons. The minimum atomic E-state index is -1.36. The molecule has 6 nitrogen and oxygen atoms in total. The number of aliphatic carboxylic acids is 1. The Bertz CT molecular complexity index is 420. The summed E-state index contributed by atoms with van der Waals surface area (Å²) in [5.41, 5.74) is 0.